The first-order valence-corrected chi connectivity index (χ1v) is 16.0. The van der Waals surface area contributed by atoms with Crippen LogP contribution in [0.1, 0.15) is 67.2 Å². The van der Waals surface area contributed by atoms with E-state index in [0.717, 1.165) is 0 Å². The number of hydrogen-bond acceptors (Lipinski definition) is 8. The number of rotatable bonds is 5. The minimum absolute atomic E-state index is 0.0799. The van der Waals surface area contributed by atoms with Crippen molar-refractivity contribution in [1.29, 1.82) is 0 Å². The summed E-state index contributed by atoms with van der Waals surface area (Å²) in [4.78, 5) is 26.8. The number of nitrogens with zero attached hydrogens (tertiary/aromatic N) is 2. The van der Waals surface area contributed by atoms with Crippen molar-refractivity contribution in [3.05, 3.63) is 32.6 Å². The third-order valence-corrected chi connectivity index (χ3v) is 17.3. The molecule has 0 aromatic carbocycles. The Morgan fingerprint density at radius 2 is 1.59 bits per heavy atom. The van der Waals surface area contributed by atoms with Gasteiger partial charge in [-0.1, -0.05) is 60.5 Å². The van der Waals surface area contributed by atoms with E-state index in [4.69, 9.17) is 17.7 Å². The summed E-state index contributed by atoms with van der Waals surface area (Å²) in [6.45, 7) is 18.7. The van der Waals surface area contributed by atoms with Crippen LogP contribution in [-0.4, -0.2) is 56.4 Å². The summed E-state index contributed by atoms with van der Waals surface area (Å²) < 4.78 is 28.2. The van der Waals surface area contributed by atoms with Crippen LogP contribution in [-0.2, 0) is 17.7 Å². The lowest BCUT2D eigenvalue weighted by Crippen LogP contribution is -2.65. The molecule has 3 heterocycles. The fourth-order valence-corrected chi connectivity index (χ4v) is 16.3. The van der Waals surface area contributed by atoms with Crippen LogP contribution in [0.2, 0.25) is 22.2 Å². The van der Waals surface area contributed by atoms with Crippen LogP contribution in [0, 0.1) is 6.92 Å². The molecule has 12 heteroatoms. The lowest BCUT2D eigenvalue weighted by Gasteiger charge is -2.51. The number of nitrogens with one attached hydrogen (secondary N) is 1. The van der Waals surface area contributed by atoms with E-state index in [1.54, 1.807) is 6.92 Å². The van der Waals surface area contributed by atoms with Gasteiger partial charge in [0.15, 0.2) is 6.23 Å². The van der Waals surface area contributed by atoms with E-state index >= 15 is 0 Å². The first-order valence-electron chi connectivity index (χ1n) is 12.0. The number of hydrogen-bond donors (Lipinski definition) is 2. The largest absolute Gasteiger partial charge is 0.414 e. The van der Waals surface area contributed by atoms with Gasteiger partial charge < -0.3 is 22.9 Å². The average Bonchev–Trinajstić information content (AvgIpc) is 3.06. The summed E-state index contributed by atoms with van der Waals surface area (Å²) in [5.74, 6) is 0. The standard InChI is InChI=1S/C22H39N3O7Si2/c1-12(2)33(13(3)4)29-11-17-19(31-34(32-33,14(5)6)15(7)8)18(24-28)21(30-17)25-10-16(9)20(26)23-22(25)27/h10,12-15,17,19,21,28H,11H2,1-9H3,(H,23,26,27)/b24-18-/t17-,19-,21-/m1/s1. The van der Waals surface area contributed by atoms with Crippen molar-refractivity contribution in [2.75, 3.05) is 6.61 Å². The van der Waals surface area contributed by atoms with E-state index in [0.29, 0.717) is 5.56 Å². The second-order valence-electron chi connectivity index (χ2n) is 10.5. The summed E-state index contributed by atoms with van der Waals surface area (Å²) in [5.41, 5.74) is -0.132. The Bertz CT molecular complexity index is 1020. The van der Waals surface area contributed by atoms with E-state index in [2.05, 4.69) is 65.5 Å². The molecule has 2 saturated heterocycles. The predicted molar refractivity (Wildman–Crippen MR) is 133 cm³/mol. The van der Waals surface area contributed by atoms with Gasteiger partial charge in [-0.15, -0.1) is 0 Å². The number of ether oxygens (including phenoxy) is 1. The predicted octanol–water partition coefficient (Wildman–Crippen LogP) is 3.53. The third-order valence-electron chi connectivity index (χ3n) is 7.02. The van der Waals surface area contributed by atoms with Crippen LogP contribution < -0.4 is 11.2 Å². The van der Waals surface area contributed by atoms with Gasteiger partial charge in [0.25, 0.3) is 5.56 Å². The molecule has 192 valence electrons. The summed E-state index contributed by atoms with van der Waals surface area (Å²) in [7, 11) is -5.73. The first kappa shape index (κ1) is 27.0. The molecule has 1 aromatic rings. The Morgan fingerprint density at radius 3 is 2.09 bits per heavy atom. The quantitative estimate of drug-likeness (QED) is 0.351. The SMILES string of the molecule is Cc1cn([C@@H]2O[C@@H]3CO[Si](C(C)C)(C(C)C)O[Si](C(C)C)(C(C)C)O[C@H]3/C2=N/O)c(=O)[nH]c1=O. The molecule has 0 aliphatic carbocycles. The summed E-state index contributed by atoms with van der Waals surface area (Å²) in [6.07, 6.45) is -0.987. The first-order chi connectivity index (χ1) is 15.8. The van der Waals surface area contributed by atoms with Gasteiger partial charge in [-0.25, -0.2) is 4.79 Å². The lowest BCUT2D eigenvalue weighted by molar-refractivity contribution is -0.0560. The van der Waals surface area contributed by atoms with Crippen molar-refractivity contribution in [3.8, 4) is 0 Å². The highest BCUT2D eigenvalue weighted by Gasteiger charge is 2.61. The number of aromatic amines is 1. The molecule has 3 atom stereocenters. The molecule has 2 fully saturated rings. The third kappa shape index (κ3) is 4.39. The molecule has 1 aromatic heterocycles. The van der Waals surface area contributed by atoms with Crippen molar-refractivity contribution >= 4 is 22.8 Å². The van der Waals surface area contributed by atoms with E-state index in [-0.39, 0.29) is 34.5 Å². The van der Waals surface area contributed by atoms with Gasteiger partial charge in [0.2, 0.25) is 0 Å². The van der Waals surface area contributed by atoms with E-state index in [9.17, 15) is 14.8 Å². The molecule has 2 aliphatic heterocycles. The van der Waals surface area contributed by atoms with Crippen LogP contribution in [0.4, 0.5) is 0 Å². The smallest absolute Gasteiger partial charge is 0.335 e. The number of aromatic nitrogens is 2. The Labute approximate surface area is 202 Å². The van der Waals surface area contributed by atoms with Crippen LogP contribution in [0.3, 0.4) is 0 Å². The van der Waals surface area contributed by atoms with Gasteiger partial charge in [0.1, 0.15) is 17.9 Å². The Morgan fingerprint density at radius 1 is 1.03 bits per heavy atom. The Balaban J connectivity index is 2.16. The normalized spacial score (nSPS) is 28.0. The van der Waals surface area contributed by atoms with Crippen molar-refractivity contribution in [3.63, 3.8) is 0 Å². The maximum absolute atomic E-state index is 12.6. The molecule has 0 bridgehead atoms. The van der Waals surface area contributed by atoms with Crippen LogP contribution >= 0.6 is 0 Å². The lowest BCUT2D eigenvalue weighted by atomic mass is 10.1. The summed E-state index contributed by atoms with van der Waals surface area (Å²) >= 11 is 0. The molecule has 0 saturated carbocycles. The van der Waals surface area contributed by atoms with Gasteiger partial charge in [-0.05, 0) is 29.1 Å². The Hall–Kier alpha value is -1.58. The minimum Gasteiger partial charge on any atom is -0.414 e. The van der Waals surface area contributed by atoms with Gasteiger partial charge in [-0.2, -0.15) is 0 Å². The summed E-state index contributed by atoms with van der Waals surface area (Å²) in [5, 5.41) is 13.5. The number of aryl methyl sites for hydroxylation is 1. The second-order valence-corrected chi connectivity index (χ2v) is 19.4. The number of H-pyrrole nitrogens is 1. The van der Waals surface area contributed by atoms with Gasteiger partial charge >= 0.3 is 22.8 Å². The zero-order valence-corrected chi connectivity index (χ0v) is 23.6. The van der Waals surface area contributed by atoms with Crippen molar-refractivity contribution < 1.29 is 22.9 Å². The molecular weight excluding hydrogens is 474 g/mol. The molecule has 3 rings (SSSR count). The van der Waals surface area contributed by atoms with E-state index < -0.39 is 46.8 Å². The average molecular weight is 514 g/mol. The van der Waals surface area contributed by atoms with Gasteiger partial charge in [-0.3, -0.25) is 14.3 Å². The van der Waals surface area contributed by atoms with Crippen LogP contribution in [0.15, 0.2) is 20.9 Å². The fraction of sp³-hybridized carbons (Fsp3) is 0.773. The highest BCUT2D eigenvalue weighted by atomic mass is 28.5. The highest BCUT2D eigenvalue weighted by Crippen LogP contribution is 2.47. The van der Waals surface area contributed by atoms with E-state index in [1.807, 2.05) is 0 Å². The molecule has 0 unspecified atom stereocenters. The van der Waals surface area contributed by atoms with Gasteiger partial charge in [0.05, 0.1) is 6.61 Å². The zero-order chi connectivity index (χ0) is 25.6. The number of fused-ring (bicyclic) bond motifs is 1. The van der Waals surface area contributed by atoms with Crippen molar-refractivity contribution in [1.82, 2.24) is 9.55 Å². The van der Waals surface area contributed by atoms with E-state index in [1.165, 1.54) is 10.8 Å². The second kappa shape index (κ2) is 9.82. The van der Waals surface area contributed by atoms with Crippen LogP contribution in [0.5, 0.6) is 0 Å². The minimum atomic E-state index is -2.97. The highest BCUT2D eigenvalue weighted by molar-refractivity contribution is 6.84. The zero-order valence-electron chi connectivity index (χ0n) is 21.6. The summed E-state index contributed by atoms with van der Waals surface area (Å²) in [6, 6.07) is 0. The fourth-order valence-electron chi connectivity index (χ4n) is 5.10. The Kier molecular flexibility index (Phi) is 7.80. The molecule has 0 amide bonds. The number of oxime groups is 1. The molecular formula is C22H39N3O7Si2. The molecule has 2 aliphatic rings. The topological polar surface area (TPSA) is 124 Å². The molecule has 0 spiro atoms. The molecule has 34 heavy (non-hydrogen) atoms. The maximum atomic E-state index is 12.6. The van der Waals surface area contributed by atoms with Crippen LogP contribution in [0.25, 0.3) is 0 Å². The molecule has 10 nitrogen and oxygen atoms in total. The molecule has 2 N–H and O–H groups in total. The van der Waals surface area contributed by atoms with Crippen molar-refractivity contribution in [2.45, 2.75) is 103 Å². The van der Waals surface area contributed by atoms with Gasteiger partial charge in [0, 0.05) is 11.8 Å². The maximum Gasteiger partial charge on any atom is 0.335 e. The van der Waals surface area contributed by atoms with Crippen molar-refractivity contribution in [2.24, 2.45) is 5.16 Å². The molecule has 0 radical (unpaired) electrons. The monoisotopic (exact) mass is 513 g/mol.